The number of hydrogen-bond donors (Lipinski definition) is 0. The molecule has 0 N–H and O–H groups in total. The normalized spacial score (nSPS) is 39.7. The topological polar surface area (TPSA) is 73.8 Å². The van der Waals surface area contributed by atoms with E-state index in [1.165, 1.54) is 10.8 Å². The number of benzene rings is 3. The molecule has 0 bridgehead atoms. The van der Waals surface area contributed by atoms with Crippen LogP contribution in [0.4, 0.5) is 0 Å². The fraction of sp³-hybridized carbons (Fsp3) is 0.450. The smallest absolute Gasteiger partial charge is 0.184 e. The van der Waals surface area contributed by atoms with Crippen LogP contribution in [0.2, 0.25) is 0 Å². The van der Waals surface area contributed by atoms with Crippen molar-refractivity contribution >= 4 is 10.8 Å². The zero-order chi connectivity index (χ0) is 31.9. The highest BCUT2D eigenvalue weighted by Crippen LogP contribution is 2.40. The Bertz CT molecular complexity index is 1660. The van der Waals surface area contributed by atoms with Crippen molar-refractivity contribution in [2.24, 2.45) is 0 Å². The first-order valence-electron chi connectivity index (χ1n) is 17.4. The molecule has 6 heterocycles. The van der Waals surface area contributed by atoms with Crippen molar-refractivity contribution in [2.75, 3.05) is 13.2 Å². The minimum atomic E-state index is -0.416. The van der Waals surface area contributed by atoms with Gasteiger partial charge in [-0.2, -0.15) is 0 Å². The summed E-state index contributed by atoms with van der Waals surface area (Å²) in [5.41, 5.74) is 2.13. The van der Waals surface area contributed by atoms with Gasteiger partial charge in [-0.25, -0.2) is 0 Å². The Morgan fingerprint density at radius 1 is 0.583 bits per heavy atom. The summed E-state index contributed by atoms with van der Waals surface area (Å²) >= 11 is 0. The molecule has 3 saturated heterocycles. The Morgan fingerprint density at radius 3 is 2.29 bits per heavy atom. The van der Waals surface area contributed by atoms with Crippen LogP contribution in [0, 0.1) is 0 Å². The van der Waals surface area contributed by atoms with E-state index in [4.69, 9.17) is 37.9 Å². The third kappa shape index (κ3) is 6.21. The SMILES string of the molecule is C1=CC[C@@H]2O[C@@H]3C[C@@H]4O[C@@H]5C/C=C\[C@@H]6O[C@H](c7ccccc7)OC[C@H]6O[C@H]5C=C[C@H]4O[C@H]3[C@H](OCc3ccc4ccccc4c3)[C@H]2OC1. The maximum absolute atomic E-state index is 6.89. The highest BCUT2D eigenvalue weighted by molar-refractivity contribution is 5.82. The molecular formula is C40H42O8. The van der Waals surface area contributed by atoms with Gasteiger partial charge in [0, 0.05) is 12.0 Å². The molecule has 9 rings (SSSR count). The third-order valence-electron chi connectivity index (χ3n) is 10.4. The largest absolute Gasteiger partial charge is 0.369 e. The minimum absolute atomic E-state index is 0.114. The lowest BCUT2D eigenvalue weighted by Gasteiger charge is -2.50. The van der Waals surface area contributed by atoms with Crippen molar-refractivity contribution in [3.05, 3.63) is 120 Å². The number of hydrogen-bond acceptors (Lipinski definition) is 8. The van der Waals surface area contributed by atoms with Crippen molar-refractivity contribution in [3.63, 3.8) is 0 Å². The molecule has 3 aromatic carbocycles. The molecule has 6 aliphatic heterocycles. The summed E-state index contributed by atoms with van der Waals surface area (Å²) in [4.78, 5) is 0. The Morgan fingerprint density at radius 2 is 1.38 bits per heavy atom. The third-order valence-corrected chi connectivity index (χ3v) is 10.4. The van der Waals surface area contributed by atoms with Crippen LogP contribution in [0.25, 0.3) is 10.8 Å². The van der Waals surface area contributed by atoms with Gasteiger partial charge in [0.05, 0.1) is 44.2 Å². The molecule has 250 valence electrons. The summed E-state index contributed by atoms with van der Waals surface area (Å²) in [5.74, 6) is 0. The molecule has 12 atom stereocenters. The number of rotatable bonds is 4. The average molecular weight is 651 g/mol. The minimum Gasteiger partial charge on any atom is -0.369 e. The summed E-state index contributed by atoms with van der Waals surface area (Å²) in [5, 5.41) is 2.42. The van der Waals surface area contributed by atoms with Gasteiger partial charge in [-0.05, 0) is 35.2 Å². The summed E-state index contributed by atoms with van der Waals surface area (Å²) in [6.07, 6.45) is 12.0. The van der Waals surface area contributed by atoms with Gasteiger partial charge in [0.2, 0.25) is 0 Å². The van der Waals surface area contributed by atoms with Crippen molar-refractivity contribution < 1.29 is 37.9 Å². The Labute approximate surface area is 281 Å². The lowest BCUT2D eigenvalue weighted by Crippen LogP contribution is -2.64. The first kappa shape index (κ1) is 30.8. The number of ether oxygens (including phenoxy) is 8. The summed E-state index contributed by atoms with van der Waals surface area (Å²) in [7, 11) is 0. The van der Waals surface area contributed by atoms with Gasteiger partial charge in [0.15, 0.2) is 6.29 Å². The van der Waals surface area contributed by atoms with Crippen molar-refractivity contribution in [1.82, 2.24) is 0 Å². The quantitative estimate of drug-likeness (QED) is 0.312. The Hall–Kier alpha value is -3.18. The fourth-order valence-electron chi connectivity index (χ4n) is 7.98. The molecule has 0 spiro atoms. The van der Waals surface area contributed by atoms with Crippen LogP contribution in [0.5, 0.6) is 0 Å². The predicted molar refractivity (Wildman–Crippen MR) is 178 cm³/mol. The van der Waals surface area contributed by atoms with Gasteiger partial charge >= 0.3 is 0 Å². The van der Waals surface area contributed by atoms with Crippen molar-refractivity contribution in [1.29, 1.82) is 0 Å². The van der Waals surface area contributed by atoms with Crippen molar-refractivity contribution in [2.45, 2.75) is 99.3 Å². The molecule has 48 heavy (non-hydrogen) atoms. The second kappa shape index (κ2) is 13.6. The van der Waals surface area contributed by atoms with Crippen LogP contribution in [-0.4, -0.2) is 80.4 Å². The molecule has 8 heteroatoms. The molecule has 6 aliphatic rings. The Kier molecular flexibility index (Phi) is 8.75. The van der Waals surface area contributed by atoms with E-state index in [0.29, 0.717) is 32.7 Å². The molecule has 0 unspecified atom stereocenters. The maximum atomic E-state index is 6.89. The van der Waals surface area contributed by atoms with Gasteiger partial charge in [-0.3, -0.25) is 0 Å². The first-order valence-corrected chi connectivity index (χ1v) is 17.4. The molecule has 3 aromatic rings. The molecule has 8 nitrogen and oxygen atoms in total. The highest BCUT2D eigenvalue weighted by atomic mass is 16.7. The summed E-state index contributed by atoms with van der Waals surface area (Å²) in [6.45, 7) is 1.42. The van der Waals surface area contributed by atoms with Crippen LogP contribution < -0.4 is 0 Å². The van der Waals surface area contributed by atoms with E-state index in [-0.39, 0.29) is 67.1 Å². The van der Waals surface area contributed by atoms with Gasteiger partial charge in [0.25, 0.3) is 0 Å². The van der Waals surface area contributed by atoms with E-state index in [0.717, 1.165) is 17.5 Å². The molecule has 0 aromatic heterocycles. The van der Waals surface area contributed by atoms with Gasteiger partial charge in [0.1, 0.15) is 42.7 Å². The van der Waals surface area contributed by atoms with E-state index in [1.54, 1.807) is 0 Å². The summed E-state index contributed by atoms with van der Waals surface area (Å²) in [6, 6.07) is 24.9. The van der Waals surface area contributed by atoms with Crippen LogP contribution in [-0.2, 0) is 44.5 Å². The van der Waals surface area contributed by atoms with E-state index in [9.17, 15) is 0 Å². The molecule has 0 amide bonds. The first-order chi connectivity index (χ1) is 23.7. The zero-order valence-corrected chi connectivity index (χ0v) is 26.8. The van der Waals surface area contributed by atoms with Crippen LogP contribution in [0.3, 0.4) is 0 Å². The monoisotopic (exact) mass is 650 g/mol. The van der Waals surface area contributed by atoms with Gasteiger partial charge < -0.3 is 37.9 Å². The van der Waals surface area contributed by atoms with Crippen LogP contribution in [0.15, 0.2) is 109 Å². The lowest BCUT2D eigenvalue weighted by molar-refractivity contribution is -0.297. The molecule has 0 aliphatic carbocycles. The maximum Gasteiger partial charge on any atom is 0.184 e. The van der Waals surface area contributed by atoms with Gasteiger partial charge in [-0.15, -0.1) is 0 Å². The Balaban J connectivity index is 0.923. The predicted octanol–water partition coefficient (Wildman–Crippen LogP) is 6.15. The second-order valence-electron chi connectivity index (χ2n) is 13.6. The van der Waals surface area contributed by atoms with E-state index in [2.05, 4.69) is 78.9 Å². The highest BCUT2D eigenvalue weighted by Gasteiger charge is 2.53. The van der Waals surface area contributed by atoms with Crippen LogP contribution in [0.1, 0.15) is 36.7 Å². The second-order valence-corrected chi connectivity index (χ2v) is 13.6. The molecule has 3 fully saturated rings. The van der Waals surface area contributed by atoms with Gasteiger partial charge in [-0.1, -0.05) is 103 Å². The standard InChI is InChI=1S/C40H42O8/c1-2-10-27(11-3-1)40-43-24-36-30(48-40)15-8-14-29-31(45-36)18-19-32-34(44-29)22-35-38(47-32)39(37-33(46-35)13-6-7-20-41-37)42-23-25-16-17-26-9-4-5-12-28(26)21-25/h1-12,15-19,21,29-40H,13-14,20,22-24H2/b15-8-/t29-,30+,31+,32-,33+,34+,35-,36-,37+,38-,39-,40-/m1/s1. The van der Waals surface area contributed by atoms with E-state index >= 15 is 0 Å². The lowest BCUT2D eigenvalue weighted by atomic mass is 9.87. The van der Waals surface area contributed by atoms with Crippen molar-refractivity contribution in [3.8, 4) is 0 Å². The fourth-order valence-corrected chi connectivity index (χ4v) is 7.98. The summed E-state index contributed by atoms with van der Waals surface area (Å²) < 4.78 is 52.7. The average Bonchev–Trinajstić information content (AvgIpc) is 3.45. The van der Waals surface area contributed by atoms with Crippen LogP contribution >= 0.6 is 0 Å². The molecular weight excluding hydrogens is 608 g/mol. The zero-order valence-electron chi connectivity index (χ0n) is 26.8. The number of fused-ring (bicyclic) bond motifs is 6. The molecule has 0 saturated carbocycles. The van der Waals surface area contributed by atoms with E-state index in [1.807, 2.05) is 30.3 Å². The van der Waals surface area contributed by atoms with E-state index < -0.39 is 6.29 Å². The molecule has 0 radical (unpaired) electrons.